The average Bonchev–Trinajstić information content (AvgIpc) is 2.14. The molecule has 0 amide bonds. The molecule has 0 spiro atoms. The molecule has 0 aromatic heterocycles. The number of ether oxygens (including phenoxy) is 1. The first-order valence-electron chi connectivity index (χ1n) is 2.77. The lowest BCUT2D eigenvalue weighted by Gasteiger charge is -2.04. The topological polar surface area (TPSA) is 49.7 Å². The van der Waals surface area contributed by atoms with Crippen LogP contribution in [0.1, 0.15) is 12.8 Å². The molecule has 0 saturated carbocycles. The van der Waals surface area contributed by atoms with Crippen LogP contribution in [0.3, 0.4) is 0 Å². The average molecular weight is 118 g/mol. The molecule has 1 aliphatic heterocycles. The highest BCUT2D eigenvalue weighted by Crippen LogP contribution is 2.16. The van der Waals surface area contributed by atoms with Crippen molar-refractivity contribution in [3.8, 4) is 0 Å². The summed E-state index contributed by atoms with van der Waals surface area (Å²) in [7, 11) is 0. The molecule has 1 rings (SSSR count). The van der Waals surface area contributed by atoms with Crippen molar-refractivity contribution in [1.29, 1.82) is 0 Å². The zero-order chi connectivity index (χ0) is 5.98. The minimum Gasteiger partial charge on any atom is -0.394 e. The van der Waals surface area contributed by atoms with Gasteiger partial charge in [0.15, 0.2) is 6.29 Å². The van der Waals surface area contributed by atoms with E-state index in [0.717, 1.165) is 6.42 Å². The van der Waals surface area contributed by atoms with Gasteiger partial charge in [0, 0.05) is 6.42 Å². The monoisotopic (exact) mass is 118 g/mol. The maximum absolute atomic E-state index is 8.70. The number of hydrogen-bond donors (Lipinski definition) is 2. The van der Waals surface area contributed by atoms with Gasteiger partial charge in [-0.25, -0.2) is 0 Å². The Morgan fingerprint density at radius 2 is 2.25 bits per heavy atom. The van der Waals surface area contributed by atoms with Gasteiger partial charge in [-0.2, -0.15) is 0 Å². The largest absolute Gasteiger partial charge is 0.394 e. The second kappa shape index (κ2) is 2.44. The van der Waals surface area contributed by atoms with Gasteiger partial charge in [-0.3, -0.25) is 0 Å². The predicted octanol–water partition coefficient (Wildman–Crippen LogP) is -0.524. The van der Waals surface area contributed by atoms with Crippen molar-refractivity contribution in [1.82, 2.24) is 0 Å². The molecule has 3 nitrogen and oxygen atoms in total. The van der Waals surface area contributed by atoms with Crippen LogP contribution < -0.4 is 0 Å². The van der Waals surface area contributed by atoms with E-state index in [9.17, 15) is 0 Å². The molecule has 1 aliphatic rings. The summed E-state index contributed by atoms with van der Waals surface area (Å²) in [6.45, 7) is 0.0249. The number of aliphatic hydroxyl groups excluding tert-OH is 2. The summed E-state index contributed by atoms with van der Waals surface area (Å²) < 4.78 is 4.82. The highest BCUT2D eigenvalue weighted by molar-refractivity contribution is 4.64. The number of hydrogen-bond acceptors (Lipinski definition) is 3. The number of aliphatic hydroxyl groups is 2. The summed E-state index contributed by atoms with van der Waals surface area (Å²) in [6, 6.07) is 0. The Kier molecular flexibility index (Phi) is 1.83. The van der Waals surface area contributed by atoms with Crippen molar-refractivity contribution >= 4 is 0 Å². The molecule has 0 aromatic carbocycles. The standard InChI is InChI=1S/C5H10O3/c6-3-4-1-2-5(7)8-4/h4-7H,1-3H2/t4-,5-/m0/s1. The zero-order valence-corrected chi connectivity index (χ0v) is 4.58. The van der Waals surface area contributed by atoms with Crippen molar-refractivity contribution < 1.29 is 14.9 Å². The third-order valence-corrected chi connectivity index (χ3v) is 1.29. The van der Waals surface area contributed by atoms with Gasteiger partial charge in [-0.1, -0.05) is 0 Å². The van der Waals surface area contributed by atoms with Gasteiger partial charge in [0.2, 0.25) is 0 Å². The molecule has 8 heavy (non-hydrogen) atoms. The molecular weight excluding hydrogens is 108 g/mol. The quantitative estimate of drug-likeness (QED) is 0.487. The minimum atomic E-state index is -0.632. The summed E-state index contributed by atoms with van der Waals surface area (Å²) in [4.78, 5) is 0. The van der Waals surface area contributed by atoms with E-state index in [1.54, 1.807) is 0 Å². The summed E-state index contributed by atoms with van der Waals surface area (Å²) in [5, 5.41) is 17.1. The molecule has 48 valence electrons. The lowest BCUT2D eigenvalue weighted by molar-refractivity contribution is -0.101. The van der Waals surface area contributed by atoms with Gasteiger partial charge in [0.1, 0.15) is 0 Å². The highest BCUT2D eigenvalue weighted by atomic mass is 16.6. The van der Waals surface area contributed by atoms with E-state index < -0.39 is 6.29 Å². The molecule has 0 bridgehead atoms. The lowest BCUT2D eigenvalue weighted by Crippen LogP contribution is -2.13. The van der Waals surface area contributed by atoms with Gasteiger partial charge >= 0.3 is 0 Å². The van der Waals surface area contributed by atoms with Crippen molar-refractivity contribution in [2.24, 2.45) is 0 Å². The molecule has 1 saturated heterocycles. The summed E-state index contributed by atoms with van der Waals surface area (Å²) >= 11 is 0. The minimum absolute atomic E-state index is 0.0249. The van der Waals surface area contributed by atoms with E-state index >= 15 is 0 Å². The Morgan fingerprint density at radius 1 is 1.50 bits per heavy atom. The molecule has 0 aliphatic carbocycles. The maximum Gasteiger partial charge on any atom is 0.155 e. The smallest absolute Gasteiger partial charge is 0.155 e. The van der Waals surface area contributed by atoms with Gasteiger partial charge in [0.25, 0.3) is 0 Å². The fourth-order valence-electron chi connectivity index (χ4n) is 0.821. The highest BCUT2D eigenvalue weighted by Gasteiger charge is 2.21. The normalized spacial score (nSPS) is 38.2. The Bertz CT molecular complexity index is 74.1. The Morgan fingerprint density at radius 3 is 2.50 bits per heavy atom. The van der Waals surface area contributed by atoms with E-state index in [2.05, 4.69) is 0 Å². The van der Waals surface area contributed by atoms with Crippen LogP contribution in [0.4, 0.5) is 0 Å². The first-order valence-corrected chi connectivity index (χ1v) is 2.77. The molecule has 1 fully saturated rings. The molecule has 0 radical (unpaired) electrons. The third-order valence-electron chi connectivity index (χ3n) is 1.29. The Balaban J connectivity index is 2.22. The summed E-state index contributed by atoms with van der Waals surface area (Å²) in [5.41, 5.74) is 0. The van der Waals surface area contributed by atoms with Crippen LogP contribution in [0.2, 0.25) is 0 Å². The first-order chi connectivity index (χ1) is 3.83. The molecule has 0 unspecified atom stereocenters. The van der Waals surface area contributed by atoms with Crippen LogP contribution in [0, 0.1) is 0 Å². The molecular formula is C5H10O3. The molecule has 0 aromatic rings. The lowest BCUT2D eigenvalue weighted by atomic mass is 10.2. The van der Waals surface area contributed by atoms with Crippen LogP contribution in [0.5, 0.6) is 0 Å². The summed E-state index contributed by atoms with van der Waals surface area (Å²) in [5.74, 6) is 0. The Hall–Kier alpha value is -0.120. The second-order valence-corrected chi connectivity index (χ2v) is 1.97. The van der Waals surface area contributed by atoms with Crippen LogP contribution in [0.25, 0.3) is 0 Å². The van der Waals surface area contributed by atoms with E-state index in [4.69, 9.17) is 14.9 Å². The van der Waals surface area contributed by atoms with Crippen LogP contribution in [-0.4, -0.2) is 29.2 Å². The summed E-state index contributed by atoms with van der Waals surface area (Å²) in [6.07, 6.45) is 0.681. The van der Waals surface area contributed by atoms with Crippen LogP contribution in [-0.2, 0) is 4.74 Å². The van der Waals surface area contributed by atoms with E-state index in [-0.39, 0.29) is 12.7 Å². The first kappa shape index (κ1) is 6.01. The SMILES string of the molecule is OC[C@@H]1CC[C@@H](O)O1. The molecule has 3 heteroatoms. The second-order valence-electron chi connectivity index (χ2n) is 1.97. The van der Waals surface area contributed by atoms with Crippen LogP contribution >= 0.6 is 0 Å². The molecule has 2 N–H and O–H groups in total. The van der Waals surface area contributed by atoms with Gasteiger partial charge in [0.05, 0.1) is 12.7 Å². The molecule has 2 atom stereocenters. The Labute approximate surface area is 47.9 Å². The maximum atomic E-state index is 8.70. The predicted molar refractivity (Wildman–Crippen MR) is 27.2 cm³/mol. The van der Waals surface area contributed by atoms with Gasteiger partial charge in [-0.15, -0.1) is 0 Å². The van der Waals surface area contributed by atoms with Gasteiger partial charge in [-0.05, 0) is 6.42 Å². The third kappa shape index (κ3) is 1.18. The van der Waals surface area contributed by atoms with Gasteiger partial charge < -0.3 is 14.9 Å². The fraction of sp³-hybridized carbons (Fsp3) is 1.00. The van der Waals surface area contributed by atoms with E-state index in [1.807, 2.05) is 0 Å². The van der Waals surface area contributed by atoms with Crippen molar-refractivity contribution in [3.63, 3.8) is 0 Å². The fourth-order valence-corrected chi connectivity index (χ4v) is 0.821. The number of rotatable bonds is 1. The van der Waals surface area contributed by atoms with Crippen molar-refractivity contribution in [2.45, 2.75) is 25.2 Å². The van der Waals surface area contributed by atoms with E-state index in [1.165, 1.54) is 0 Å². The molecule has 1 heterocycles. The van der Waals surface area contributed by atoms with E-state index in [0.29, 0.717) is 6.42 Å². The zero-order valence-electron chi connectivity index (χ0n) is 4.58. The van der Waals surface area contributed by atoms with Crippen molar-refractivity contribution in [2.75, 3.05) is 6.61 Å². The van der Waals surface area contributed by atoms with Crippen LogP contribution in [0.15, 0.2) is 0 Å². The van der Waals surface area contributed by atoms with Crippen molar-refractivity contribution in [3.05, 3.63) is 0 Å².